The maximum absolute atomic E-state index is 10.6. The van der Waals surface area contributed by atoms with Crippen LogP contribution in [0.4, 0.5) is 0 Å². The molecule has 0 aromatic heterocycles. The van der Waals surface area contributed by atoms with Crippen LogP contribution in [0.3, 0.4) is 0 Å². The third-order valence-corrected chi connectivity index (χ3v) is 13.6. The molecule has 75 heavy (non-hydrogen) atoms. The van der Waals surface area contributed by atoms with Crippen molar-refractivity contribution in [3.8, 4) is 5.75 Å². The molecule has 0 aliphatic heterocycles. The predicted octanol–water partition coefficient (Wildman–Crippen LogP) is 12.5. The van der Waals surface area contributed by atoms with Crippen molar-refractivity contribution >= 4 is 35.8 Å². The highest BCUT2D eigenvalue weighted by atomic mass is 16.6. The van der Waals surface area contributed by atoms with E-state index in [-0.39, 0.29) is 37.1 Å². The summed E-state index contributed by atoms with van der Waals surface area (Å²) in [6.45, 7) is 30.0. The van der Waals surface area contributed by atoms with Gasteiger partial charge in [-0.05, 0) is 150 Å². The van der Waals surface area contributed by atoms with Crippen LogP contribution < -0.4 is 4.74 Å². The Bertz CT molecular complexity index is 1970. The van der Waals surface area contributed by atoms with Crippen molar-refractivity contribution in [3.05, 3.63) is 154 Å². The molecule has 0 N–H and O–H groups in total. The van der Waals surface area contributed by atoms with E-state index in [4.69, 9.17) is 14.2 Å². The molecule has 0 radical (unpaired) electrons. The first-order valence-corrected chi connectivity index (χ1v) is 26.2. The van der Waals surface area contributed by atoms with Crippen molar-refractivity contribution < 1.29 is 61.9 Å². The Hall–Kier alpha value is -6.76. The number of carbonyl (C=O) groups excluding carboxylic acids is 6. The summed E-state index contributed by atoms with van der Waals surface area (Å²) in [5.74, 6) is 8.07. The van der Waals surface area contributed by atoms with Crippen LogP contribution in [0.2, 0.25) is 0 Å². The molecule has 8 atom stereocenters. The van der Waals surface area contributed by atoms with Gasteiger partial charge >= 0.3 is 35.8 Å². The minimum Gasteiger partial charge on any atom is -0.490 e. The fraction of sp³-hybridized carbons (Fsp3) is 0.484. The van der Waals surface area contributed by atoms with Crippen LogP contribution >= 0.6 is 0 Å². The third-order valence-electron chi connectivity index (χ3n) is 13.6. The van der Waals surface area contributed by atoms with Gasteiger partial charge in [0.2, 0.25) is 0 Å². The van der Waals surface area contributed by atoms with Crippen molar-refractivity contribution in [1.29, 1.82) is 0 Å². The van der Waals surface area contributed by atoms with Crippen LogP contribution in [-0.4, -0.2) is 76.0 Å². The largest absolute Gasteiger partial charge is 0.490 e. The van der Waals surface area contributed by atoms with Gasteiger partial charge in [0.05, 0.1) is 20.3 Å². The van der Waals surface area contributed by atoms with Gasteiger partial charge in [-0.3, -0.25) is 0 Å². The summed E-state index contributed by atoms with van der Waals surface area (Å²) in [4.78, 5) is 61.8. The summed E-state index contributed by atoms with van der Waals surface area (Å²) in [5.41, 5.74) is 1.39. The molecule has 13 heteroatoms. The second-order valence-electron chi connectivity index (χ2n) is 18.3. The third kappa shape index (κ3) is 27.9. The molecule has 0 spiro atoms. The summed E-state index contributed by atoms with van der Waals surface area (Å²) < 4.78 is 32.4. The number of fused-ring (bicyclic) bond motifs is 10. The van der Waals surface area contributed by atoms with Crippen molar-refractivity contribution in [2.24, 2.45) is 47.3 Å². The maximum atomic E-state index is 10.6. The number of ether oxygens (including phenoxy) is 7. The average Bonchev–Trinajstić information content (AvgIpc) is 4.32. The Labute approximate surface area is 448 Å². The predicted molar refractivity (Wildman–Crippen MR) is 295 cm³/mol. The Kier molecular flexibility index (Phi) is 35.9. The Morgan fingerprint density at radius 3 is 1.23 bits per heavy atom. The van der Waals surface area contributed by atoms with Gasteiger partial charge in [-0.1, -0.05) is 114 Å². The molecule has 4 bridgehead atoms. The van der Waals surface area contributed by atoms with E-state index < -0.39 is 11.9 Å². The quantitative estimate of drug-likeness (QED) is 0.0513. The first-order chi connectivity index (χ1) is 36.2. The van der Waals surface area contributed by atoms with E-state index in [2.05, 4.69) is 65.0 Å². The zero-order valence-corrected chi connectivity index (χ0v) is 45.3. The lowest BCUT2D eigenvalue weighted by atomic mass is 9.82. The van der Waals surface area contributed by atoms with Crippen LogP contribution in [0.1, 0.15) is 103 Å². The van der Waals surface area contributed by atoms with Gasteiger partial charge in [-0.2, -0.15) is 0 Å². The van der Waals surface area contributed by atoms with Crippen molar-refractivity contribution in [2.75, 3.05) is 40.1 Å². The van der Waals surface area contributed by atoms with Crippen LogP contribution in [-0.2, 0) is 63.8 Å². The van der Waals surface area contributed by atoms with Crippen molar-refractivity contribution in [2.45, 2.75) is 104 Å². The number of benzene rings is 2. The molecule has 2 aromatic rings. The second-order valence-corrected chi connectivity index (χ2v) is 18.3. The molecule has 6 aliphatic rings. The molecule has 6 aliphatic carbocycles. The van der Waals surface area contributed by atoms with E-state index in [0.29, 0.717) is 32.0 Å². The maximum Gasteiger partial charge on any atom is 0.333 e. The van der Waals surface area contributed by atoms with Crippen LogP contribution in [0.5, 0.6) is 5.75 Å². The summed E-state index contributed by atoms with van der Waals surface area (Å²) in [7, 11) is 1.31. The first kappa shape index (κ1) is 66.3. The van der Waals surface area contributed by atoms with Gasteiger partial charge in [-0.25, -0.2) is 28.8 Å². The normalized spacial score (nSPS) is 21.4. The number of esters is 6. The van der Waals surface area contributed by atoms with Crippen LogP contribution in [0.25, 0.3) is 0 Å². The minimum absolute atomic E-state index is 0.236. The first-order valence-electron chi connectivity index (χ1n) is 26.2. The van der Waals surface area contributed by atoms with Gasteiger partial charge in [0.25, 0.3) is 0 Å². The summed E-state index contributed by atoms with van der Waals surface area (Å²) in [6.07, 6.45) is 26.3. The molecule has 2 aromatic carbocycles. The number of carbonyl (C=O) groups is 6. The number of rotatable bonds is 16. The van der Waals surface area contributed by atoms with Crippen LogP contribution in [0.15, 0.2) is 149 Å². The molecule has 6 saturated carbocycles. The SMILES string of the molecule is C1CC2C3CCC(C3)C2C1.C1CC2C3CCC(C3)C2C1.C=CC(=O)OC.C=CC(=O)OCC.C=CC(=O)OCC.C=CC(=O)OCCOc1ccccc1.C=CC(=O)OCc1ccccc1.C=CCOC(=O)C(=C)C. The van der Waals surface area contributed by atoms with Gasteiger partial charge in [0.1, 0.15) is 32.2 Å². The van der Waals surface area contributed by atoms with E-state index in [1.54, 1.807) is 97.8 Å². The number of hydrogen-bond acceptors (Lipinski definition) is 13. The average molecular weight is 1040 g/mol. The lowest BCUT2D eigenvalue weighted by Gasteiger charge is -2.23. The Balaban J connectivity index is 0.000000435. The van der Waals surface area contributed by atoms with E-state index in [0.717, 1.165) is 41.7 Å². The highest BCUT2D eigenvalue weighted by Crippen LogP contribution is 2.59. The summed E-state index contributed by atoms with van der Waals surface area (Å²) in [5, 5.41) is 0. The number of methoxy groups -OCH3 is 1. The highest BCUT2D eigenvalue weighted by molar-refractivity contribution is 5.87. The molecule has 8 unspecified atom stereocenters. The number of para-hydroxylation sites is 1. The monoisotopic (exact) mass is 1040 g/mol. The summed E-state index contributed by atoms with van der Waals surface area (Å²) >= 11 is 0. The molecular formula is C62H86O13. The fourth-order valence-corrected chi connectivity index (χ4v) is 10.4. The van der Waals surface area contributed by atoms with Gasteiger partial charge in [0.15, 0.2) is 0 Å². The zero-order valence-electron chi connectivity index (χ0n) is 45.3. The molecule has 0 amide bonds. The molecule has 8 rings (SSSR count). The van der Waals surface area contributed by atoms with E-state index in [1.165, 1.54) is 60.5 Å². The van der Waals surface area contributed by atoms with Crippen LogP contribution in [0, 0.1) is 47.3 Å². The van der Waals surface area contributed by atoms with E-state index in [9.17, 15) is 28.8 Å². The summed E-state index contributed by atoms with van der Waals surface area (Å²) in [6, 6.07) is 18.9. The van der Waals surface area contributed by atoms with Gasteiger partial charge in [0, 0.05) is 36.0 Å². The van der Waals surface area contributed by atoms with Crippen molar-refractivity contribution in [3.63, 3.8) is 0 Å². The molecular weight excluding hydrogens is 953 g/mol. The molecule has 0 heterocycles. The minimum atomic E-state index is -0.429. The Morgan fingerprint density at radius 2 is 0.893 bits per heavy atom. The molecule has 412 valence electrons. The fourth-order valence-electron chi connectivity index (χ4n) is 10.4. The lowest BCUT2D eigenvalue weighted by molar-refractivity contribution is -0.139. The second kappa shape index (κ2) is 40.6. The smallest absolute Gasteiger partial charge is 0.333 e. The van der Waals surface area contributed by atoms with Crippen molar-refractivity contribution in [1.82, 2.24) is 0 Å². The van der Waals surface area contributed by atoms with Gasteiger partial charge < -0.3 is 33.2 Å². The topological polar surface area (TPSA) is 167 Å². The van der Waals surface area contributed by atoms with Gasteiger partial charge in [-0.15, -0.1) is 0 Å². The molecule has 6 fully saturated rings. The molecule has 13 nitrogen and oxygen atoms in total. The molecule has 0 saturated heterocycles. The standard InChI is InChI=1S/C11H12O3.C10H10O2.2C10H16.C7H10O2.2C5H8O2.C4H6O2/c1-2-11(12)14-9-8-13-10-6-4-3-5-7-10;1-2-10(11)12-8-9-6-4-3-5-7-9;2*1-2-9-7-4-5-8(6-7)10(9)3-1;1-4-5-9-7(8)6(2)3;2*1-3-5(6)7-4-2;1-3-4(5)6-2/h2-7H,1,8-9H2;2-7H,1,8H2;2*7-10H,1-6H2;4H,1-2,5H2,3H3;2*3H,1,4H2,2H3;3H,1H2,2H3. The Morgan fingerprint density at radius 1 is 0.507 bits per heavy atom. The van der Waals surface area contributed by atoms with E-state index >= 15 is 0 Å². The van der Waals surface area contributed by atoms with E-state index in [1.807, 2.05) is 60.7 Å². The highest BCUT2D eigenvalue weighted by Gasteiger charge is 2.49. The number of hydrogen-bond donors (Lipinski definition) is 0. The lowest BCUT2D eigenvalue weighted by Crippen LogP contribution is -2.15. The zero-order chi connectivity index (χ0) is 55.8.